The molecule has 0 amide bonds. The van der Waals surface area contributed by atoms with Crippen LogP contribution < -0.4 is 5.73 Å². The van der Waals surface area contributed by atoms with Gasteiger partial charge in [-0.2, -0.15) is 13.2 Å². The first-order chi connectivity index (χ1) is 6.95. The maximum atomic E-state index is 12.5. The van der Waals surface area contributed by atoms with Crippen LogP contribution in [-0.2, 0) is 12.6 Å². The normalized spacial score (nSPS) is 13.9. The van der Waals surface area contributed by atoms with E-state index in [9.17, 15) is 18.3 Å². The van der Waals surface area contributed by atoms with Gasteiger partial charge in [-0.25, -0.2) is 0 Å². The van der Waals surface area contributed by atoms with E-state index in [4.69, 9.17) is 5.73 Å². The third-order valence-electron chi connectivity index (χ3n) is 1.94. The lowest BCUT2D eigenvalue weighted by Gasteiger charge is -2.13. The zero-order valence-electron chi connectivity index (χ0n) is 7.83. The van der Waals surface area contributed by atoms with Crippen LogP contribution in [0.25, 0.3) is 0 Å². The molecule has 0 aliphatic heterocycles. The minimum Gasteiger partial charge on any atom is -0.391 e. The molecule has 0 saturated carbocycles. The molecule has 0 spiro atoms. The maximum Gasteiger partial charge on any atom is 0.416 e. The third kappa shape index (κ3) is 3.17. The topological polar surface area (TPSA) is 59.1 Å². The quantitative estimate of drug-likeness (QED) is 0.797. The van der Waals surface area contributed by atoms with Crippen LogP contribution in [0.4, 0.5) is 13.2 Å². The summed E-state index contributed by atoms with van der Waals surface area (Å²) in [6, 6.07) is 0.887. The molecule has 0 saturated heterocycles. The van der Waals surface area contributed by atoms with E-state index in [1.807, 2.05) is 0 Å². The predicted molar refractivity (Wildman–Crippen MR) is 48.0 cm³/mol. The molecule has 1 unspecified atom stereocenters. The molecule has 0 aliphatic carbocycles. The van der Waals surface area contributed by atoms with E-state index < -0.39 is 17.8 Å². The molecule has 0 aliphatic rings. The summed E-state index contributed by atoms with van der Waals surface area (Å²) < 4.78 is 37.4. The fourth-order valence-electron chi connectivity index (χ4n) is 1.20. The minimum absolute atomic E-state index is 0.0389. The van der Waals surface area contributed by atoms with Crippen molar-refractivity contribution >= 4 is 0 Å². The van der Waals surface area contributed by atoms with Crippen LogP contribution in [0.15, 0.2) is 18.5 Å². The highest BCUT2D eigenvalue weighted by atomic mass is 19.4. The molecule has 1 aromatic rings. The van der Waals surface area contributed by atoms with Gasteiger partial charge in [0.1, 0.15) is 0 Å². The molecule has 1 aromatic heterocycles. The van der Waals surface area contributed by atoms with Gasteiger partial charge in [0.05, 0.1) is 11.7 Å². The first-order valence-corrected chi connectivity index (χ1v) is 4.33. The number of hydrogen-bond donors (Lipinski definition) is 2. The van der Waals surface area contributed by atoms with Crippen molar-refractivity contribution in [2.24, 2.45) is 5.73 Å². The van der Waals surface area contributed by atoms with Crippen LogP contribution in [-0.4, -0.2) is 22.7 Å². The van der Waals surface area contributed by atoms with Crippen molar-refractivity contribution in [1.82, 2.24) is 4.98 Å². The molecule has 0 aromatic carbocycles. The number of aromatic nitrogens is 1. The van der Waals surface area contributed by atoms with Gasteiger partial charge >= 0.3 is 6.18 Å². The Balaban J connectivity index is 2.97. The molecular formula is C9H11F3N2O. The van der Waals surface area contributed by atoms with Crippen LogP contribution in [0.5, 0.6) is 0 Å². The van der Waals surface area contributed by atoms with Crippen LogP contribution >= 0.6 is 0 Å². The van der Waals surface area contributed by atoms with Crippen LogP contribution in [0, 0.1) is 0 Å². The van der Waals surface area contributed by atoms with E-state index in [1.54, 1.807) is 0 Å². The van der Waals surface area contributed by atoms with Crippen molar-refractivity contribution in [3.63, 3.8) is 0 Å². The second-order valence-electron chi connectivity index (χ2n) is 3.12. The molecule has 0 fully saturated rings. The summed E-state index contributed by atoms with van der Waals surface area (Å²) in [4.78, 5) is 3.59. The monoisotopic (exact) mass is 220 g/mol. The number of aliphatic hydroxyl groups is 1. The van der Waals surface area contributed by atoms with E-state index in [0.29, 0.717) is 0 Å². The lowest BCUT2D eigenvalue weighted by Crippen LogP contribution is -2.23. The van der Waals surface area contributed by atoms with Gasteiger partial charge in [-0.15, -0.1) is 0 Å². The van der Waals surface area contributed by atoms with Gasteiger partial charge in [0.2, 0.25) is 0 Å². The van der Waals surface area contributed by atoms with Crippen molar-refractivity contribution in [2.45, 2.75) is 18.7 Å². The van der Waals surface area contributed by atoms with Gasteiger partial charge in [-0.3, -0.25) is 4.98 Å². The Morgan fingerprint density at radius 1 is 1.47 bits per heavy atom. The first kappa shape index (κ1) is 11.9. The number of hydrogen-bond acceptors (Lipinski definition) is 3. The molecule has 3 N–H and O–H groups in total. The second kappa shape index (κ2) is 4.59. The molecule has 15 heavy (non-hydrogen) atoms. The number of rotatable bonds is 3. The number of halogens is 3. The molecule has 0 radical (unpaired) electrons. The number of nitrogens with two attached hydrogens (primary N) is 1. The largest absolute Gasteiger partial charge is 0.416 e. The Hall–Kier alpha value is -1.14. The van der Waals surface area contributed by atoms with E-state index in [-0.39, 0.29) is 18.5 Å². The van der Waals surface area contributed by atoms with E-state index in [0.717, 1.165) is 18.5 Å². The Bertz CT molecular complexity index is 327. The van der Waals surface area contributed by atoms with E-state index in [2.05, 4.69) is 4.98 Å². The number of nitrogens with zero attached hydrogens (tertiary/aromatic N) is 1. The van der Waals surface area contributed by atoms with Gasteiger partial charge in [0.25, 0.3) is 0 Å². The van der Waals surface area contributed by atoms with Crippen molar-refractivity contribution in [3.05, 3.63) is 29.6 Å². The van der Waals surface area contributed by atoms with E-state index >= 15 is 0 Å². The average molecular weight is 220 g/mol. The van der Waals surface area contributed by atoms with E-state index in [1.165, 1.54) is 0 Å². The molecule has 84 valence electrons. The summed E-state index contributed by atoms with van der Waals surface area (Å²) in [5, 5.41) is 9.18. The van der Waals surface area contributed by atoms with Crippen LogP contribution in [0.1, 0.15) is 11.1 Å². The van der Waals surface area contributed by atoms with Crippen molar-refractivity contribution in [2.75, 3.05) is 6.54 Å². The lowest BCUT2D eigenvalue weighted by molar-refractivity contribution is -0.138. The van der Waals surface area contributed by atoms with Gasteiger partial charge in [-0.05, 0) is 11.6 Å². The fraction of sp³-hybridized carbons (Fsp3) is 0.444. The summed E-state index contributed by atoms with van der Waals surface area (Å²) in [5.74, 6) is 0. The van der Waals surface area contributed by atoms with Gasteiger partial charge < -0.3 is 10.8 Å². The molecule has 1 rings (SSSR count). The molecule has 1 atom stereocenters. The summed E-state index contributed by atoms with van der Waals surface area (Å²) in [7, 11) is 0. The first-order valence-electron chi connectivity index (χ1n) is 4.33. The Kier molecular flexibility index (Phi) is 3.65. The smallest absolute Gasteiger partial charge is 0.391 e. The number of aliphatic hydroxyl groups excluding tert-OH is 1. The Labute approximate surface area is 84.7 Å². The SMILES string of the molecule is NCC(O)Cc1cnccc1C(F)(F)F. The average Bonchev–Trinajstić information content (AvgIpc) is 2.17. The van der Waals surface area contributed by atoms with Gasteiger partial charge in [0, 0.05) is 25.4 Å². The second-order valence-corrected chi connectivity index (χ2v) is 3.12. The van der Waals surface area contributed by atoms with Crippen LogP contribution in [0.3, 0.4) is 0 Å². The maximum absolute atomic E-state index is 12.5. The molecule has 3 nitrogen and oxygen atoms in total. The number of pyridine rings is 1. The molecule has 0 bridgehead atoms. The number of alkyl halides is 3. The summed E-state index contributed by atoms with van der Waals surface area (Å²) in [5.41, 5.74) is 4.32. The van der Waals surface area contributed by atoms with Crippen molar-refractivity contribution < 1.29 is 18.3 Å². The van der Waals surface area contributed by atoms with Crippen molar-refractivity contribution in [1.29, 1.82) is 0 Å². The zero-order chi connectivity index (χ0) is 11.5. The van der Waals surface area contributed by atoms with Crippen molar-refractivity contribution in [3.8, 4) is 0 Å². The lowest BCUT2D eigenvalue weighted by atomic mass is 10.0. The standard InChI is InChI=1S/C9H11F3N2O/c10-9(11,12)8-1-2-14-5-6(8)3-7(15)4-13/h1-2,5,7,15H,3-4,13H2. The highest BCUT2D eigenvalue weighted by molar-refractivity contribution is 5.26. The highest BCUT2D eigenvalue weighted by Crippen LogP contribution is 2.31. The predicted octanol–water partition coefficient (Wildman–Crippen LogP) is 0.962. The summed E-state index contributed by atoms with van der Waals surface area (Å²) in [6.45, 7) is -0.0772. The summed E-state index contributed by atoms with van der Waals surface area (Å²) >= 11 is 0. The molecule has 6 heteroatoms. The fourth-order valence-corrected chi connectivity index (χ4v) is 1.20. The molecule has 1 heterocycles. The Morgan fingerprint density at radius 3 is 2.67 bits per heavy atom. The van der Waals surface area contributed by atoms with Crippen LogP contribution in [0.2, 0.25) is 0 Å². The van der Waals surface area contributed by atoms with Gasteiger partial charge in [-0.1, -0.05) is 0 Å². The Morgan fingerprint density at radius 2 is 2.13 bits per heavy atom. The zero-order valence-corrected chi connectivity index (χ0v) is 7.83. The highest BCUT2D eigenvalue weighted by Gasteiger charge is 2.33. The minimum atomic E-state index is -4.42. The molecular weight excluding hydrogens is 209 g/mol. The van der Waals surface area contributed by atoms with Gasteiger partial charge in [0.15, 0.2) is 0 Å². The third-order valence-corrected chi connectivity index (χ3v) is 1.94. The summed E-state index contributed by atoms with van der Waals surface area (Å²) in [6.07, 6.45) is -3.37.